The minimum Gasteiger partial charge on any atom is -0.495 e. The first-order chi connectivity index (χ1) is 13.2. The second-order valence-electron chi connectivity index (χ2n) is 6.64. The van der Waals surface area contributed by atoms with E-state index in [1.807, 2.05) is 0 Å². The summed E-state index contributed by atoms with van der Waals surface area (Å²) < 4.78 is 30.4. The van der Waals surface area contributed by atoms with Crippen LogP contribution in [0.3, 0.4) is 0 Å². The van der Waals surface area contributed by atoms with E-state index in [1.165, 1.54) is 32.1 Å². The Labute approximate surface area is 164 Å². The van der Waals surface area contributed by atoms with Crippen molar-refractivity contribution in [2.45, 2.75) is 19.3 Å². The maximum Gasteiger partial charge on any atom is 0.271 e. The predicted molar refractivity (Wildman–Crippen MR) is 105 cm³/mol. The van der Waals surface area contributed by atoms with Gasteiger partial charge < -0.3 is 15.0 Å². The fourth-order valence-electron chi connectivity index (χ4n) is 3.09. The molecule has 0 bridgehead atoms. The SMILES string of the molecule is COc1ccc([N+](=O)[O-])cc1N(CC(=O)NCCCN1CCCC1)S(C)(=O)=O. The maximum atomic E-state index is 12.3. The van der Waals surface area contributed by atoms with Gasteiger partial charge in [-0.15, -0.1) is 0 Å². The second-order valence-corrected chi connectivity index (χ2v) is 8.54. The average molecular weight is 414 g/mol. The normalized spacial score (nSPS) is 14.6. The summed E-state index contributed by atoms with van der Waals surface area (Å²) in [5.41, 5.74) is -0.345. The number of nitrogens with one attached hydrogen (secondary N) is 1. The number of methoxy groups -OCH3 is 1. The molecule has 1 fully saturated rings. The minimum absolute atomic E-state index is 0.0496. The highest BCUT2D eigenvalue weighted by Crippen LogP contribution is 2.33. The Hall–Kier alpha value is -2.40. The van der Waals surface area contributed by atoms with Crippen molar-refractivity contribution < 1.29 is 22.9 Å². The highest BCUT2D eigenvalue weighted by Gasteiger charge is 2.26. The molecule has 156 valence electrons. The number of hydrogen-bond donors (Lipinski definition) is 1. The lowest BCUT2D eigenvalue weighted by Crippen LogP contribution is -2.41. The lowest BCUT2D eigenvalue weighted by atomic mass is 10.2. The van der Waals surface area contributed by atoms with Gasteiger partial charge in [0.1, 0.15) is 18.0 Å². The standard InChI is InChI=1S/C17H26N4O6S/c1-27-16-7-6-14(21(23)24)12-15(16)20(28(2,25)26)13-17(22)18-8-5-11-19-9-3-4-10-19/h6-7,12H,3-5,8-11,13H2,1-2H3,(H,18,22). The van der Waals surface area contributed by atoms with E-state index < -0.39 is 27.4 Å². The number of ether oxygens (including phenoxy) is 1. The summed E-state index contributed by atoms with van der Waals surface area (Å²) in [6, 6.07) is 3.60. The zero-order valence-corrected chi connectivity index (χ0v) is 16.9. The third-order valence-electron chi connectivity index (χ3n) is 4.50. The zero-order chi connectivity index (χ0) is 20.7. The first kappa shape index (κ1) is 21.9. The number of sulfonamides is 1. The van der Waals surface area contributed by atoms with Gasteiger partial charge in [0.05, 0.1) is 18.3 Å². The monoisotopic (exact) mass is 414 g/mol. The molecule has 0 unspecified atom stereocenters. The third-order valence-corrected chi connectivity index (χ3v) is 5.63. The number of rotatable bonds is 10. The fraction of sp³-hybridized carbons (Fsp3) is 0.588. The van der Waals surface area contributed by atoms with Gasteiger partial charge in [-0.2, -0.15) is 0 Å². The summed E-state index contributed by atoms with van der Waals surface area (Å²) in [6.07, 6.45) is 4.10. The van der Waals surface area contributed by atoms with Crippen molar-refractivity contribution in [1.29, 1.82) is 0 Å². The molecule has 11 heteroatoms. The minimum atomic E-state index is -3.87. The molecular weight excluding hydrogens is 388 g/mol. The summed E-state index contributed by atoms with van der Waals surface area (Å²) in [4.78, 5) is 25.0. The molecule has 1 saturated heterocycles. The molecule has 0 aromatic heterocycles. The van der Waals surface area contributed by atoms with Crippen molar-refractivity contribution in [3.8, 4) is 5.75 Å². The molecule has 1 aromatic carbocycles. The van der Waals surface area contributed by atoms with Crippen molar-refractivity contribution in [1.82, 2.24) is 10.2 Å². The number of likely N-dealkylation sites (tertiary alicyclic amines) is 1. The summed E-state index contributed by atoms with van der Waals surface area (Å²) >= 11 is 0. The van der Waals surface area contributed by atoms with E-state index in [-0.39, 0.29) is 17.1 Å². The van der Waals surface area contributed by atoms with Crippen LogP contribution in [0.4, 0.5) is 11.4 Å². The maximum absolute atomic E-state index is 12.3. The Kier molecular flexibility index (Phi) is 7.58. The van der Waals surface area contributed by atoms with Gasteiger partial charge in [0, 0.05) is 18.7 Å². The number of nitrogens with zero attached hydrogens (tertiary/aromatic N) is 3. The van der Waals surface area contributed by atoms with Crippen LogP contribution in [0, 0.1) is 10.1 Å². The smallest absolute Gasteiger partial charge is 0.271 e. The molecule has 0 radical (unpaired) electrons. The van der Waals surface area contributed by atoms with Crippen LogP contribution in [-0.2, 0) is 14.8 Å². The quantitative estimate of drug-likeness (QED) is 0.344. The Bertz CT molecular complexity index is 808. The third kappa shape index (κ3) is 6.06. The van der Waals surface area contributed by atoms with E-state index in [4.69, 9.17) is 4.74 Å². The van der Waals surface area contributed by atoms with Crippen LogP contribution in [0.25, 0.3) is 0 Å². The molecule has 0 atom stereocenters. The number of non-ortho nitro benzene ring substituents is 1. The fourth-order valence-corrected chi connectivity index (χ4v) is 3.94. The topological polar surface area (TPSA) is 122 Å². The van der Waals surface area contributed by atoms with Crippen LogP contribution in [-0.4, -0.2) is 70.2 Å². The number of benzene rings is 1. The van der Waals surface area contributed by atoms with Gasteiger partial charge in [0.15, 0.2) is 0 Å². The molecule has 1 amide bonds. The molecule has 1 aromatic rings. The summed E-state index contributed by atoms with van der Waals surface area (Å²) in [7, 11) is -2.55. The summed E-state index contributed by atoms with van der Waals surface area (Å²) in [5.74, 6) is -0.363. The van der Waals surface area contributed by atoms with E-state index in [2.05, 4.69) is 10.2 Å². The van der Waals surface area contributed by atoms with E-state index in [0.717, 1.165) is 42.7 Å². The van der Waals surface area contributed by atoms with Gasteiger partial charge in [0.2, 0.25) is 15.9 Å². The summed E-state index contributed by atoms with van der Waals surface area (Å²) in [6.45, 7) is 2.97. The number of carbonyl (C=O) groups is 1. The molecule has 1 heterocycles. The van der Waals surface area contributed by atoms with Gasteiger partial charge in [-0.3, -0.25) is 19.2 Å². The Morgan fingerprint density at radius 3 is 2.61 bits per heavy atom. The highest BCUT2D eigenvalue weighted by atomic mass is 32.2. The van der Waals surface area contributed by atoms with Gasteiger partial charge in [-0.1, -0.05) is 0 Å². The van der Waals surface area contributed by atoms with Gasteiger partial charge >= 0.3 is 0 Å². The van der Waals surface area contributed by atoms with Crippen LogP contribution in [0.2, 0.25) is 0 Å². The Morgan fingerprint density at radius 2 is 2.04 bits per heavy atom. The molecule has 10 nitrogen and oxygen atoms in total. The van der Waals surface area contributed by atoms with Gasteiger partial charge in [-0.05, 0) is 45.0 Å². The first-order valence-electron chi connectivity index (χ1n) is 9.01. The molecule has 0 spiro atoms. The van der Waals surface area contributed by atoms with E-state index >= 15 is 0 Å². The number of carbonyl (C=O) groups excluding carboxylic acids is 1. The number of hydrogen-bond acceptors (Lipinski definition) is 7. The first-order valence-corrected chi connectivity index (χ1v) is 10.9. The van der Waals surface area contributed by atoms with Crippen LogP contribution in [0.15, 0.2) is 18.2 Å². The van der Waals surface area contributed by atoms with Crippen molar-refractivity contribution in [2.24, 2.45) is 0 Å². The van der Waals surface area contributed by atoms with E-state index in [0.29, 0.717) is 6.54 Å². The molecule has 1 aliphatic heterocycles. The molecule has 2 rings (SSSR count). The van der Waals surface area contributed by atoms with Crippen LogP contribution >= 0.6 is 0 Å². The van der Waals surface area contributed by atoms with Gasteiger partial charge in [0.25, 0.3) is 5.69 Å². The number of anilines is 1. The van der Waals surface area contributed by atoms with E-state index in [9.17, 15) is 23.3 Å². The second kappa shape index (κ2) is 9.69. The molecule has 1 aliphatic rings. The van der Waals surface area contributed by atoms with Crippen LogP contribution in [0.1, 0.15) is 19.3 Å². The largest absolute Gasteiger partial charge is 0.495 e. The molecule has 1 N–H and O–H groups in total. The zero-order valence-electron chi connectivity index (χ0n) is 16.1. The van der Waals surface area contributed by atoms with Gasteiger partial charge in [-0.25, -0.2) is 8.42 Å². The molecule has 0 saturated carbocycles. The lowest BCUT2D eigenvalue weighted by molar-refractivity contribution is -0.384. The molecule has 28 heavy (non-hydrogen) atoms. The summed E-state index contributed by atoms with van der Waals surface area (Å²) in [5, 5.41) is 13.8. The Balaban J connectivity index is 2.06. The number of amides is 1. The Morgan fingerprint density at radius 1 is 1.36 bits per heavy atom. The van der Waals surface area contributed by atoms with Crippen LogP contribution in [0.5, 0.6) is 5.75 Å². The highest BCUT2D eigenvalue weighted by molar-refractivity contribution is 7.92. The van der Waals surface area contributed by atoms with Crippen LogP contribution < -0.4 is 14.4 Å². The number of nitro groups is 1. The number of nitro benzene ring substituents is 1. The van der Waals surface area contributed by atoms with Crippen molar-refractivity contribution in [3.63, 3.8) is 0 Å². The predicted octanol–water partition coefficient (Wildman–Crippen LogP) is 0.972. The average Bonchev–Trinajstić information content (AvgIpc) is 3.15. The lowest BCUT2D eigenvalue weighted by Gasteiger charge is -2.23. The van der Waals surface area contributed by atoms with E-state index in [1.54, 1.807) is 0 Å². The van der Waals surface area contributed by atoms with Crippen molar-refractivity contribution in [3.05, 3.63) is 28.3 Å². The molecular formula is C17H26N4O6S. The van der Waals surface area contributed by atoms with Crippen molar-refractivity contribution in [2.75, 3.05) is 50.4 Å². The molecule has 0 aliphatic carbocycles. The van der Waals surface area contributed by atoms with Crippen molar-refractivity contribution >= 4 is 27.3 Å².